The number of sulfonamides is 1. The molecule has 126 valence electrons. The molecule has 2 atom stereocenters. The van der Waals surface area contributed by atoms with Gasteiger partial charge in [0.25, 0.3) is 0 Å². The van der Waals surface area contributed by atoms with Crippen molar-refractivity contribution in [3.8, 4) is 0 Å². The molecule has 1 aromatic rings. The van der Waals surface area contributed by atoms with Gasteiger partial charge in [0.1, 0.15) is 0 Å². The Morgan fingerprint density at radius 1 is 1.41 bits per heavy atom. The van der Waals surface area contributed by atoms with Crippen molar-refractivity contribution in [2.75, 3.05) is 26.0 Å². The standard InChI is InChI=1S/C11H17F3N4O3S/c1-17-6-9(15-16-17)8-5-18(7-10(8)21-2)22(19,20)4-3-11(12,13)14/h6,8,10H,3-5,7H2,1-2H3/t8-,10+/m0/s1. The average molecular weight is 342 g/mol. The molecule has 11 heteroatoms. The molecule has 0 N–H and O–H groups in total. The zero-order chi connectivity index (χ0) is 16.5. The van der Waals surface area contributed by atoms with Crippen LogP contribution in [0.4, 0.5) is 13.2 Å². The summed E-state index contributed by atoms with van der Waals surface area (Å²) in [4.78, 5) is 0. The number of aryl methyl sites for hydroxylation is 1. The molecule has 1 aliphatic rings. The third-order valence-electron chi connectivity index (χ3n) is 3.57. The highest BCUT2D eigenvalue weighted by Gasteiger charge is 2.42. The SMILES string of the molecule is CO[C@@H]1CN(S(=O)(=O)CCC(F)(F)F)C[C@H]1c1cn(C)nn1. The van der Waals surface area contributed by atoms with Gasteiger partial charge in [-0.3, -0.25) is 4.68 Å². The van der Waals surface area contributed by atoms with E-state index < -0.39 is 34.5 Å². The summed E-state index contributed by atoms with van der Waals surface area (Å²) in [7, 11) is -0.890. The first-order valence-corrected chi connectivity index (χ1v) is 8.17. The van der Waals surface area contributed by atoms with Crippen LogP contribution in [-0.4, -0.2) is 65.9 Å². The topological polar surface area (TPSA) is 77.3 Å². The molecule has 0 amide bonds. The second kappa shape index (κ2) is 6.13. The Morgan fingerprint density at radius 2 is 2.09 bits per heavy atom. The predicted molar refractivity (Wildman–Crippen MR) is 70.6 cm³/mol. The first-order valence-electron chi connectivity index (χ1n) is 6.56. The molecule has 1 saturated heterocycles. The summed E-state index contributed by atoms with van der Waals surface area (Å²) in [5, 5.41) is 7.71. The lowest BCUT2D eigenvalue weighted by Gasteiger charge is -2.16. The molecule has 0 radical (unpaired) electrons. The van der Waals surface area contributed by atoms with Gasteiger partial charge in [0.2, 0.25) is 10.0 Å². The quantitative estimate of drug-likeness (QED) is 0.779. The van der Waals surface area contributed by atoms with Gasteiger partial charge >= 0.3 is 6.18 Å². The molecule has 2 rings (SSSR count). The third-order valence-corrected chi connectivity index (χ3v) is 5.38. The molecule has 0 aliphatic carbocycles. The molecule has 0 bridgehead atoms. The van der Waals surface area contributed by atoms with E-state index in [-0.39, 0.29) is 19.0 Å². The molecular formula is C11H17F3N4O3S. The molecule has 1 aromatic heterocycles. The molecule has 2 heterocycles. The zero-order valence-electron chi connectivity index (χ0n) is 12.1. The monoisotopic (exact) mass is 342 g/mol. The van der Waals surface area contributed by atoms with Gasteiger partial charge in [0.05, 0.1) is 24.0 Å². The molecule has 0 saturated carbocycles. The van der Waals surface area contributed by atoms with Crippen LogP contribution >= 0.6 is 0 Å². The molecular weight excluding hydrogens is 325 g/mol. The van der Waals surface area contributed by atoms with Crippen LogP contribution in [-0.2, 0) is 21.8 Å². The van der Waals surface area contributed by atoms with E-state index in [2.05, 4.69) is 10.3 Å². The highest BCUT2D eigenvalue weighted by molar-refractivity contribution is 7.89. The van der Waals surface area contributed by atoms with Crippen LogP contribution in [0.3, 0.4) is 0 Å². The minimum absolute atomic E-state index is 0.0118. The van der Waals surface area contributed by atoms with Gasteiger partial charge in [0, 0.05) is 39.4 Å². The number of nitrogens with zero attached hydrogens (tertiary/aromatic N) is 4. The van der Waals surface area contributed by atoms with Crippen LogP contribution in [0.25, 0.3) is 0 Å². The summed E-state index contributed by atoms with van der Waals surface area (Å²) in [5.41, 5.74) is 0.558. The van der Waals surface area contributed by atoms with Gasteiger partial charge in [-0.25, -0.2) is 8.42 Å². The molecule has 22 heavy (non-hydrogen) atoms. The van der Waals surface area contributed by atoms with Gasteiger partial charge in [0.15, 0.2) is 0 Å². The van der Waals surface area contributed by atoms with Gasteiger partial charge in [-0.1, -0.05) is 5.21 Å². The van der Waals surface area contributed by atoms with Crippen molar-refractivity contribution < 1.29 is 26.3 Å². The highest BCUT2D eigenvalue weighted by Crippen LogP contribution is 2.31. The van der Waals surface area contributed by atoms with Gasteiger partial charge in [-0.15, -0.1) is 5.10 Å². The van der Waals surface area contributed by atoms with Crippen LogP contribution in [0.1, 0.15) is 18.0 Å². The lowest BCUT2D eigenvalue weighted by atomic mass is 10.0. The average Bonchev–Trinajstić information content (AvgIpc) is 3.01. The number of alkyl halides is 3. The van der Waals surface area contributed by atoms with E-state index >= 15 is 0 Å². The maximum Gasteiger partial charge on any atom is 0.390 e. The molecule has 0 spiro atoms. The molecule has 7 nitrogen and oxygen atoms in total. The fraction of sp³-hybridized carbons (Fsp3) is 0.818. The van der Waals surface area contributed by atoms with E-state index in [0.29, 0.717) is 5.69 Å². The van der Waals surface area contributed by atoms with Gasteiger partial charge < -0.3 is 4.74 Å². The molecule has 0 aromatic carbocycles. The third kappa shape index (κ3) is 3.96. The number of hydrogen-bond donors (Lipinski definition) is 0. The summed E-state index contributed by atoms with van der Waals surface area (Å²) in [6.07, 6.45) is -4.68. The minimum Gasteiger partial charge on any atom is -0.379 e. The predicted octanol–water partition coefficient (Wildman–Crippen LogP) is 0.511. The number of halogens is 3. The van der Waals surface area contributed by atoms with Crippen molar-refractivity contribution in [2.45, 2.75) is 24.6 Å². The fourth-order valence-corrected chi connectivity index (χ4v) is 3.91. The summed E-state index contributed by atoms with van der Waals surface area (Å²) in [5.74, 6) is -1.31. The first kappa shape index (κ1) is 17.2. The maximum atomic E-state index is 12.2. The smallest absolute Gasteiger partial charge is 0.379 e. The van der Waals surface area contributed by atoms with Gasteiger partial charge in [-0.2, -0.15) is 17.5 Å². The normalized spacial score (nSPS) is 24.0. The fourth-order valence-electron chi connectivity index (χ4n) is 2.40. The number of ether oxygens (including phenoxy) is 1. The Bertz CT molecular complexity index is 616. The van der Waals surface area contributed by atoms with E-state index in [1.807, 2.05) is 0 Å². The van der Waals surface area contributed by atoms with E-state index in [1.165, 1.54) is 11.8 Å². The largest absolute Gasteiger partial charge is 0.390 e. The van der Waals surface area contributed by atoms with Crippen molar-refractivity contribution in [1.82, 2.24) is 19.3 Å². The number of hydrogen-bond acceptors (Lipinski definition) is 5. The van der Waals surface area contributed by atoms with E-state index in [4.69, 9.17) is 4.74 Å². The van der Waals surface area contributed by atoms with E-state index in [9.17, 15) is 21.6 Å². The van der Waals surface area contributed by atoms with Crippen LogP contribution in [0, 0.1) is 0 Å². The Labute approximate surface area is 126 Å². The number of aromatic nitrogens is 3. The van der Waals surface area contributed by atoms with Crippen molar-refractivity contribution >= 4 is 10.0 Å². The van der Waals surface area contributed by atoms with E-state index in [1.54, 1.807) is 13.2 Å². The van der Waals surface area contributed by atoms with Crippen molar-refractivity contribution in [1.29, 1.82) is 0 Å². The zero-order valence-corrected chi connectivity index (χ0v) is 12.9. The summed E-state index contributed by atoms with van der Waals surface area (Å²) < 4.78 is 68.6. The van der Waals surface area contributed by atoms with Crippen LogP contribution in [0.15, 0.2) is 6.20 Å². The van der Waals surface area contributed by atoms with E-state index in [0.717, 1.165) is 4.31 Å². The lowest BCUT2D eigenvalue weighted by Crippen LogP contribution is -2.33. The van der Waals surface area contributed by atoms with Crippen LogP contribution in [0.2, 0.25) is 0 Å². The van der Waals surface area contributed by atoms with Crippen LogP contribution in [0.5, 0.6) is 0 Å². The number of methoxy groups -OCH3 is 1. The Morgan fingerprint density at radius 3 is 2.59 bits per heavy atom. The second-order valence-electron chi connectivity index (χ2n) is 5.20. The minimum atomic E-state index is -4.50. The molecule has 1 fully saturated rings. The Hall–Kier alpha value is -1.20. The van der Waals surface area contributed by atoms with Crippen molar-refractivity contribution in [2.24, 2.45) is 7.05 Å². The maximum absolute atomic E-state index is 12.2. The molecule has 1 aliphatic heterocycles. The highest BCUT2D eigenvalue weighted by atomic mass is 32.2. The first-order chi connectivity index (χ1) is 10.1. The van der Waals surface area contributed by atoms with Crippen molar-refractivity contribution in [3.05, 3.63) is 11.9 Å². The lowest BCUT2D eigenvalue weighted by molar-refractivity contribution is -0.130. The summed E-state index contributed by atoms with van der Waals surface area (Å²) in [6.45, 7) is 0.0509. The summed E-state index contributed by atoms with van der Waals surface area (Å²) >= 11 is 0. The Balaban J connectivity index is 2.11. The van der Waals surface area contributed by atoms with Crippen LogP contribution < -0.4 is 0 Å². The van der Waals surface area contributed by atoms with Gasteiger partial charge in [-0.05, 0) is 0 Å². The molecule has 0 unspecified atom stereocenters. The van der Waals surface area contributed by atoms with Crippen molar-refractivity contribution in [3.63, 3.8) is 0 Å². The number of rotatable bonds is 5. The summed E-state index contributed by atoms with van der Waals surface area (Å²) in [6, 6.07) is 0. The Kier molecular flexibility index (Phi) is 4.78. The second-order valence-corrected chi connectivity index (χ2v) is 7.28.